The Hall–Kier alpha value is -2.55. The SMILES string of the molecule is N#Cc1ccccc1N1CCN(C(=O)c2cc(C=O)cc3c2ccn3SOI)CC1. The molecule has 0 bridgehead atoms. The van der Waals surface area contributed by atoms with Crippen molar-refractivity contribution in [1.29, 1.82) is 5.26 Å². The van der Waals surface area contributed by atoms with Crippen molar-refractivity contribution in [2.75, 3.05) is 31.1 Å². The quantitative estimate of drug-likeness (QED) is 0.280. The summed E-state index contributed by atoms with van der Waals surface area (Å²) in [5.74, 6) is -0.102. The molecule has 0 N–H and O–H groups in total. The van der Waals surface area contributed by atoms with Crippen LogP contribution < -0.4 is 4.90 Å². The van der Waals surface area contributed by atoms with Crippen LogP contribution in [0.3, 0.4) is 0 Å². The highest BCUT2D eigenvalue weighted by Crippen LogP contribution is 2.28. The molecule has 4 rings (SSSR count). The van der Waals surface area contributed by atoms with Crippen molar-refractivity contribution >= 4 is 64.0 Å². The van der Waals surface area contributed by atoms with Crippen LogP contribution in [0.25, 0.3) is 10.9 Å². The van der Waals surface area contributed by atoms with Crippen LogP contribution in [0.15, 0.2) is 48.7 Å². The number of anilines is 1. The molecule has 0 spiro atoms. The maximum Gasteiger partial charge on any atom is 0.254 e. The van der Waals surface area contributed by atoms with E-state index < -0.39 is 0 Å². The van der Waals surface area contributed by atoms with Crippen LogP contribution in [0, 0.1) is 11.3 Å². The Bertz CT molecular complexity index is 1150. The number of fused-ring (bicyclic) bond motifs is 1. The summed E-state index contributed by atoms with van der Waals surface area (Å²) in [5.41, 5.74) is 3.24. The van der Waals surface area contributed by atoms with Gasteiger partial charge in [0, 0.05) is 48.9 Å². The summed E-state index contributed by atoms with van der Waals surface area (Å²) in [4.78, 5) is 28.7. The molecule has 1 amide bonds. The highest BCUT2D eigenvalue weighted by molar-refractivity contribution is 14.1. The number of aldehydes is 1. The maximum atomic E-state index is 13.3. The number of piperazine rings is 1. The smallest absolute Gasteiger partial charge is 0.254 e. The van der Waals surface area contributed by atoms with Gasteiger partial charge in [-0.25, -0.2) is 2.51 Å². The Labute approximate surface area is 192 Å². The lowest BCUT2D eigenvalue weighted by Crippen LogP contribution is -2.49. The van der Waals surface area contributed by atoms with Crippen molar-refractivity contribution < 1.29 is 12.1 Å². The van der Waals surface area contributed by atoms with Crippen LogP contribution in [-0.2, 0) is 2.51 Å². The Morgan fingerprint density at radius 2 is 1.93 bits per heavy atom. The third kappa shape index (κ3) is 3.90. The van der Waals surface area contributed by atoms with E-state index >= 15 is 0 Å². The maximum absolute atomic E-state index is 13.3. The summed E-state index contributed by atoms with van der Waals surface area (Å²) in [6.45, 7) is 2.36. The second-order valence-corrected chi connectivity index (χ2v) is 8.55. The Kier molecular flexibility index (Phi) is 6.26. The molecule has 1 fully saturated rings. The minimum absolute atomic E-state index is 0.102. The Morgan fingerprint density at radius 3 is 2.63 bits per heavy atom. The monoisotopic (exact) mass is 532 g/mol. The number of nitrogens with zero attached hydrogens (tertiary/aromatic N) is 4. The van der Waals surface area contributed by atoms with Gasteiger partial charge in [-0.1, -0.05) is 12.1 Å². The van der Waals surface area contributed by atoms with E-state index in [2.05, 4.69) is 11.0 Å². The van der Waals surface area contributed by atoms with E-state index in [1.165, 1.54) is 0 Å². The first-order valence-corrected chi connectivity index (χ1v) is 10.8. The summed E-state index contributed by atoms with van der Waals surface area (Å²) < 4.78 is 6.87. The van der Waals surface area contributed by atoms with Crippen LogP contribution in [0.1, 0.15) is 26.3 Å². The van der Waals surface area contributed by atoms with Crippen LogP contribution in [0.2, 0.25) is 0 Å². The minimum atomic E-state index is -0.102. The lowest BCUT2D eigenvalue weighted by molar-refractivity contribution is 0.0748. The number of hydrogen-bond donors (Lipinski definition) is 0. The van der Waals surface area contributed by atoms with E-state index in [0.717, 1.165) is 35.1 Å². The number of hydrogen-bond acceptors (Lipinski definition) is 6. The molecule has 1 aliphatic heterocycles. The van der Waals surface area contributed by atoms with E-state index in [1.54, 1.807) is 50.1 Å². The molecule has 3 aromatic rings. The van der Waals surface area contributed by atoms with Gasteiger partial charge in [0.2, 0.25) is 0 Å². The number of carbonyl (C=O) groups is 2. The first-order chi connectivity index (χ1) is 14.7. The highest BCUT2D eigenvalue weighted by Gasteiger charge is 2.25. The molecule has 0 radical (unpaired) electrons. The molecule has 1 saturated heterocycles. The van der Waals surface area contributed by atoms with Gasteiger partial charge in [0.1, 0.15) is 47.6 Å². The molecule has 152 valence electrons. The topological polar surface area (TPSA) is 78.6 Å². The molecule has 0 atom stereocenters. The van der Waals surface area contributed by atoms with Gasteiger partial charge >= 0.3 is 0 Å². The predicted octanol–water partition coefficient (Wildman–Crippen LogP) is 4.07. The lowest BCUT2D eigenvalue weighted by Gasteiger charge is -2.36. The fourth-order valence-electron chi connectivity index (χ4n) is 3.74. The number of benzene rings is 2. The predicted molar refractivity (Wildman–Crippen MR) is 125 cm³/mol. The van der Waals surface area contributed by atoms with Crippen molar-refractivity contribution in [3.05, 3.63) is 65.4 Å². The van der Waals surface area contributed by atoms with Crippen molar-refractivity contribution in [2.45, 2.75) is 0 Å². The molecule has 30 heavy (non-hydrogen) atoms. The number of nitriles is 1. The number of amides is 1. The van der Waals surface area contributed by atoms with Crippen LogP contribution in [0.5, 0.6) is 0 Å². The summed E-state index contributed by atoms with van der Waals surface area (Å²) in [6, 6.07) is 15.0. The summed E-state index contributed by atoms with van der Waals surface area (Å²) >= 11 is 2.90. The number of rotatable bonds is 5. The lowest BCUT2D eigenvalue weighted by atomic mass is 10.0. The zero-order chi connectivity index (χ0) is 21.1. The second kappa shape index (κ2) is 9.07. The largest absolute Gasteiger partial charge is 0.367 e. The van der Waals surface area contributed by atoms with Crippen LogP contribution in [-0.4, -0.2) is 47.2 Å². The number of halogens is 1. The summed E-state index contributed by atoms with van der Waals surface area (Å²) in [5, 5.41) is 10.1. The standard InChI is InChI=1S/C21H17IN4O3S/c22-29-30-26-6-5-17-18(11-15(14-27)12-20(17)26)21(28)25-9-7-24(8-10-25)19-4-2-1-3-16(19)13-23/h1-6,11-12,14H,7-10H2. The first kappa shape index (κ1) is 20.7. The van der Waals surface area contributed by atoms with Gasteiger partial charge in [0.15, 0.2) is 0 Å². The molecule has 9 heteroatoms. The second-order valence-electron chi connectivity index (χ2n) is 6.81. The Balaban J connectivity index is 1.58. The highest BCUT2D eigenvalue weighted by atomic mass is 127. The number of carbonyl (C=O) groups excluding carboxylic acids is 2. The van der Waals surface area contributed by atoms with Gasteiger partial charge in [-0.15, -0.1) is 0 Å². The van der Waals surface area contributed by atoms with E-state index in [4.69, 9.17) is 2.51 Å². The van der Waals surface area contributed by atoms with Crippen LogP contribution >= 0.6 is 35.2 Å². The summed E-state index contributed by atoms with van der Waals surface area (Å²) in [6.07, 6.45) is 2.57. The normalized spacial score (nSPS) is 14.0. The Morgan fingerprint density at radius 1 is 1.17 bits per heavy atom. The molecule has 2 heterocycles. The third-order valence-corrected chi connectivity index (χ3v) is 6.22. The fourth-order valence-corrected chi connectivity index (χ4v) is 4.67. The van der Waals surface area contributed by atoms with Gasteiger partial charge in [-0.05, 0) is 30.3 Å². The molecule has 2 aromatic carbocycles. The van der Waals surface area contributed by atoms with E-state index in [9.17, 15) is 14.9 Å². The van der Waals surface area contributed by atoms with Crippen molar-refractivity contribution in [2.24, 2.45) is 0 Å². The first-order valence-electron chi connectivity index (χ1n) is 9.25. The van der Waals surface area contributed by atoms with E-state index in [1.807, 2.05) is 30.5 Å². The van der Waals surface area contributed by atoms with Gasteiger partial charge in [0.25, 0.3) is 5.91 Å². The van der Waals surface area contributed by atoms with Gasteiger partial charge in [0.05, 0.1) is 16.8 Å². The minimum Gasteiger partial charge on any atom is -0.367 e. The summed E-state index contributed by atoms with van der Waals surface area (Å²) in [7, 11) is 0. The van der Waals surface area contributed by atoms with Crippen molar-refractivity contribution in [3.63, 3.8) is 0 Å². The molecule has 1 aliphatic rings. The van der Waals surface area contributed by atoms with Gasteiger partial charge in [-0.3, -0.25) is 13.6 Å². The molecular weight excluding hydrogens is 515 g/mol. The van der Waals surface area contributed by atoms with Crippen molar-refractivity contribution in [3.8, 4) is 6.07 Å². The third-order valence-electron chi connectivity index (χ3n) is 5.20. The number of para-hydroxylation sites is 1. The van der Waals surface area contributed by atoms with Crippen LogP contribution in [0.4, 0.5) is 5.69 Å². The molecular formula is C21H17IN4O3S. The number of aromatic nitrogens is 1. The van der Waals surface area contributed by atoms with E-state index in [-0.39, 0.29) is 5.91 Å². The zero-order valence-corrected chi connectivity index (χ0v) is 18.8. The molecule has 1 aromatic heterocycles. The van der Waals surface area contributed by atoms with Gasteiger partial charge < -0.3 is 9.80 Å². The zero-order valence-electron chi connectivity index (χ0n) is 15.8. The molecule has 0 unspecified atom stereocenters. The average molecular weight is 532 g/mol. The molecule has 0 saturated carbocycles. The average Bonchev–Trinajstić information content (AvgIpc) is 3.21. The fraction of sp³-hybridized carbons (Fsp3) is 0.190. The van der Waals surface area contributed by atoms with E-state index in [0.29, 0.717) is 42.9 Å². The van der Waals surface area contributed by atoms with Crippen molar-refractivity contribution in [1.82, 2.24) is 8.87 Å². The van der Waals surface area contributed by atoms with Gasteiger partial charge in [-0.2, -0.15) is 5.26 Å². The molecule has 0 aliphatic carbocycles. The molecule has 7 nitrogen and oxygen atoms in total.